The van der Waals surface area contributed by atoms with E-state index in [1.807, 2.05) is 24.3 Å². The van der Waals surface area contributed by atoms with Crippen molar-refractivity contribution in [3.63, 3.8) is 0 Å². The van der Waals surface area contributed by atoms with Crippen molar-refractivity contribution in [2.75, 3.05) is 5.73 Å². The average molecular weight is 260 g/mol. The molecule has 2 aromatic carbocycles. The minimum atomic E-state index is 0.269. The summed E-state index contributed by atoms with van der Waals surface area (Å²) in [6, 6.07) is 12.0. The van der Waals surface area contributed by atoms with E-state index < -0.39 is 0 Å². The minimum Gasteiger partial charge on any atom is -0.490 e. The van der Waals surface area contributed by atoms with Gasteiger partial charge in [-0.1, -0.05) is 23.7 Å². The van der Waals surface area contributed by atoms with E-state index in [1.165, 1.54) is 5.56 Å². The Balaban J connectivity index is 2.03. The fourth-order valence-electron chi connectivity index (χ4n) is 2.31. The van der Waals surface area contributed by atoms with Crippen molar-refractivity contribution in [2.45, 2.75) is 19.4 Å². The minimum absolute atomic E-state index is 0.269. The molecular weight excluding hydrogens is 246 g/mol. The van der Waals surface area contributed by atoms with Crippen LogP contribution >= 0.6 is 11.6 Å². The number of ether oxygens (including phenoxy) is 1. The van der Waals surface area contributed by atoms with Crippen molar-refractivity contribution in [1.29, 1.82) is 0 Å². The molecule has 1 aliphatic heterocycles. The van der Waals surface area contributed by atoms with Gasteiger partial charge < -0.3 is 10.5 Å². The SMILES string of the molecule is CC1Cc2cc(-c3ccc(N)c(Cl)c3)ccc2O1. The molecule has 2 N–H and O–H groups in total. The van der Waals surface area contributed by atoms with Crippen LogP contribution in [0, 0.1) is 0 Å². The van der Waals surface area contributed by atoms with Crippen molar-refractivity contribution in [2.24, 2.45) is 0 Å². The molecule has 1 heterocycles. The van der Waals surface area contributed by atoms with Crippen LogP contribution in [0.15, 0.2) is 36.4 Å². The summed E-state index contributed by atoms with van der Waals surface area (Å²) in [5, 5.41) is 0.595. The number of rotatable bonds is 1. The number of anilines is 1. The summed E-state index contributed by atoms with van der Waals surface area (Å²) in [6.07, 6.45) is 1.23. The van der Waals surface area contributed by atoms with Crippen molar-refractivity contribution in [1.82, 2.24) is 0 Å². The molecule has 0 radical (unpaired) electrons. The number of fused-ring (bicyclic) bond motifs is 1. The van der Waals surface area contributed by atoms with Crippen molar-refractivity contribution in [3.8, 4) is 16.9 Å². The van der Waals surface area contributed by atoms with Crippen LogP contribution in [-0.2, 0) is 6.42 Å². The third-order valence-corrected chi connectivity index (χ3v) is 3.56. The molecule has 0 saturated carbocycles. The molecule has 1 aliphatic rings. The maximum absolute atomic E-state index is 6.05. The van der Waals surface area contributed by atoms with Gasteiger partial charge in [0, 0.05) is 6.42 Å². The van der Waals surface area contributed by atoms with Crippen molar-refractivity contribution < 1.29 is 4.74 Å². The Morgan fingerprint density at radius 2 is 1.89 bits per heavy atom. The maximum Gasteiger partial charge on any atom is 0.123 e. The lowest BCUT2D eigenvalue weighted by atomic mass is 10.0. The molecule has 18 heavy (non-hydrogen) atoms. The third-order valence-electron chi connectivity index (χ3n) is 3.23. The fourth-order valence-corrected chi connectivity index (χ4v) is 2.49. The molecule has 0 amide bonds. The van der Waals surface area contributed by atoms with E-state index in [2.05, 4.69) is 19.1 Å². The van der Waals surface area contributed by atoms with E-state index in [4.69, 9.17) is 22.1 Å². The largest absolute Gasteiger partial charge is 0.490 e. The lowest BCUT2D eigenvalue weighted by Crippen LogP contribution is -2.05. The fraction of sp³-hybridized carbons (Fsp3) is 0.200. The van der Waals surface area contributed by atoms with E-state index in [0.29, 0.717) is 10.7 Å². The summed E-state index contributed by atoms with van der Waals surface area (Å²) < 4.78 is 5.69. The van der Waals surface area contributed by atoms with Gasteiger partial charge in [-0.3, -0.25) is 0 Å². The third kappa shape index (κ3) is 1.93. The lowest BCUT2D eigenvalue weighted by Gasteiger charge is -2.06. The zero-order chi connectivity index (χ0) is 12.7. The number of nitrogen functional groups attached to an aromatic ring is 1. The molecule has 3 heteroatoms. The molecule has 0 spiro atoms. The van der Waals surface area contributed by atoms with Crippen LogP contribution in [0.4, 0.5) is 5.69 Å². The number of hydrogen-bond acceptors (Lipinski definition) is 2. The molecule has 1 atom stereocenters. The number of hydrogen-bond donors (Lipinski definition) is 1. The van der Waals surface area contributed by atoms with Gasteiger partial charge in [-0.15, -0.1) is 0 Å². The Hall–Kier alpha value is -1.67. The topological polar surface area (TPSA) is 35.2 Å². The van der Waals surface area contributed by atoms with Crippen LogP contribution in [0.25, 0.3) is 11.1 Å². The Bertz CT molecular complexity index is 609. The molecule has 2 aromatic rings. The molecule has 0 saturated heterocycles. The van der Waals surface area contributed by atoms with Gasteiger partial charge in [-0.05, 0) is 47.9 Å². The number of nitrogens with two attached hydrogens (primary N) is 1. The predicted octanol–water partition coefficient (Wildman–Crippen LogP) is 3.91. The summed E-state index contributed by atoms with van der Waals surface area (Å²) in [5.74, 6) is 0.993. The van der Waals surface area contributed by atoms with E-state index in [-0.39, 0.29) is 6.10 Å². The van der Waals surface area contributed by atoms with Crippen LogP contribution in [-0.4, -0.2) is 6.10 Å². The highest BCUT2D eigenvalue weighted by atomic mass is 35.5. The highest BCUT2D eigenvalue weighted by molar-refractivity contribution is 6.33. The van der Waals surface area contributed by atoms with Crippen LogP contribution in [0.3, 0.4) is 0 Å². The van der Waals surface area contributed by atoms with Crippen LogP contribution < -0.4 is 10.5 Å². The van der Waals surface area contributed by atoms with Crippen LogP contribution in [0.5, 0.6) is 5.75 Å². The number of halogens is 1. The predicted molar refractivity (Wildman–Crippen MR) is 75.1 cm³/mol. The molecule has 0 bridgehead atoms. The second kappa shape index (κ2) is 4.21. The summed E-state index contributed by atoms with van der Waals surface area (Å²) in [7, 11) is 0. The number of benzene rings is 2. The highest BCUT2D eigenvalue weighted by Gasteiger charge is 2.19. The normalized spacial score (nSPS) is 17.3. The average Bonchev–Trinajstić information content (AvgIpc) is 2.71. The van der Waals surface area contributed by atoms with Crippen molar-refractivity contribution in [3.05, 3.63) is 47.0 Å². The Morgan fingerprint density at radius 1 is 1.17 bits per heavy atom. The lowest BCUT2D eigenvalue weighted by molar-refractivity contribution is 0.254. The van der Waals surface area contributed by atoms with E-state index in [9.17, 15) is 0 Å². The molecule has 3 rings (SSSR count). The summed E-state index contributed by atoms with van der Waals surface area (Å²) >= 11 is 6.05. The van der Waals surface area contributed by atoms with Gasteiger partial charge in [-0.25, -0.2) is 0 Å². The smallest absolute Gasteiger partial charge is 0.123 e. The Morgan fingerprint density at radius 3 is 2.67 bits per heavy atom. The molecule has 92 valence electrons. The van der Waals surface area contributed by atoms with E-state index in [1.54, 1.807) is 0 Å². The molecule has 0 aromatic heterocycles. The molecule has 1 unspecified atom stereocenters. The van der Waals surface area contributed by atoms with Crippen LogP contribution in [0.1, 0.15) is 12.5 Å². The summed E-state index contributed by atoms with van der Waals surface area (Å²) in [4.78, 5) is 0. The Labute approximate surface area is 111 Å². The summed E-state index contributed by atoms with van der Waals surface area (Å²) in [6.45, 7) is 2.08. The van der Waals surface area contributed by atoms with E-state index in [0.717, 1.165) is 23.3 Å². The van der Waals surface area contributed by atoms with Crippen LogP contribution in [0.2, 0.25) is 5.02 Å². The highest BCUT2D eigenvalue weighted by Crippen LogP contribution is 2.34. The molecule has 2 nitrogen and oxygen atoms in total. The molecule has 0 fully saturated rings. The Kier molecular flexibility index (Phi) is 2.67. The van der Waals surface area contributed by atoms with Gasteiger partial charge in [0.05, 0.1) is 10.7 Å². The standard InChI is InChI=1S/C15H14ClNO/c1-9-6-12-7-10(3-5-15(12)18-9)11-2-4-14(17)13(16)8-11/h2-5,7-9H,6,17H2,1H3. The second-order valence-electron chi connectivity index (χ2n) is 4.69. The first-order valence-corrected chi connectivity index (χ1v) is 6.36. The zero-order valence-corrected chi connectivity index (χ0v) is 10.9. The van der Waals surface area contributed by atoms with Gasteiger partial charge >= 0.3 is 0 Å². The summed E-state index contributed by atoms with van der Waals surface area (Å²) in [5.41, 5.74) is 9.82. The van der Waals surface area contributed by atoms with Gasteiger partial charge in [0.1, 0.15) is 11.9 Å². The quantitative estimate of drug-likeness (QED) is 0.788. The first-order chi connectivity index (χ1) is 8.63. The zero-order valence-electron chi connectivity index (χ0n) is 10.1. The second-order valence-corrected chi connectivity index (χ2v) is 5.10. The van der Waals surface area contributed by atoms with E-state index >= 15 is 0 Å². The first kappa shape index (κ1) is 11.4. The first-order valence-electron chi connectivity index (χ1n) is 5.98. The molecular formula is C15H14ClNO. The molecule has 0 aliphatic carbocycles. The van der Waals surface area contributed by atoms with Gasteiger partial charge in [0.2, 0.25) is 0 Å². The van der Waals surface area contributed by atoms with Gasteiger partial charge in [-0.2, -0.15) is 0 Å². The monoisotopic (exact) mass is 259 g/mol. The maximum atomic E-state index is 6.05. The van der Waals surface area contributed by atoms with Crippen molar-refractivity contribution >= 4 is 17.3 Å². The van der Waals surface area contributed by atoms with Gasteiger partial charge in [0.25, 0.3) is 0 Å². The van der Waals surface area contributed by atoms with Gasteiger partial charge in [0.15, 0.2) is 0 Å².